The number of nitrogens with zero attached hydrogens (tertiary/aromatic N) is 2. The van der Waals surface area contributed by atoms with Crippen LogP contribution in [0.5, 0.6) is 0 Å². The molecule has 1 saturated heterocycles. The molecule has 37 heavy (non-hydrogen) atoms. The molecule has 2 aromatic rings. The summed E-state index contributed by atoms with van der Waals surface area (Å²) in [5.74, 6) is 1.24. The van der Waals surface area contributed by atoms with Crippen molar-refractivity contribution in [2.75, 3.05) is 12.1 Å². The smallest absolute Gasteiger partial charge is 0.251 e. The maximum Gasteiger partial charge on any atom is 0.251 e. The number of amides is 2. The number of likely N-dealkylation sites (tertiary alicyclic amines) is 1. The molecule has 0 aromatic heterocycles. The molecule has 2 unspecified atom stereocenters. The molecule has 1 N–H and O–H groups in total. The molecule has 4 fully saturated rings. The molecule has 1 heterocycles. The first-order chi connectivity index (χ1) is 17.8. The number of rotatable bonds is 4. The van der Waals surface area contributed by atoms with Crippen LogP contribution in [0.2, 0.25) is 0 Å². The van der Waals surface area contributed by atoms with E-state index in [4.69, 9.17) is 0 Å². The van der Waals surface area contributed by atoms with Crippen LogP contribution in [-0.2, 0) is 9.59 Å². The van der Waals surface area contributed by atoms with Gasteiger partial charge in [0, 0.05) is 13.1 Å². The van der Waals surface area contributed by atoms with E-state index < -0.39 is 5.92 Å². The molecule has 7 atom stereocenters. The quantitative estimate of drug-likeness (QED) is 0.395. The SMILES string of the molecule is CN1C(=O)C(C(=O)NN(c2ccccc2)c2ccccc2)C[C@@]2(C)C1CC[C@@H]1[C@H]2CC[C@]2(C)CCC[C@@H]12. The molecular weight excluding hydrogens is 458 g/mol. The van der Waals surface area contributed by atoms with Crippen LogP contribution < -0.4 is 10.4 Å². The van der Waals surface area contributed by atoms with Gasteiger partial charge in [0.15, 0.2) is 0 Å². The van der Waals surface area contributed by atoms with Crippen molar-refractivity contribution in [2.45, 2.75) is 71.3 Å². The summed E-state index contributed by atoms with van der Waals surface area (Å²) in [5, 5.41) is 1.82. The highest BCUT2D eigenvalue weighted by Crippen LogP contribution is 2.65. The van der Waals surface area contributed by atoms with Gasteiger partial charge in [-0.25, -0.2) is 0 Å². The largest absolute Gasteiger partial charge is 0.342 e. The molecule has 0 spiro atoms. The minimum absolute atomic E-state index is 0.0260. The summed E-state index contributed by atoms with van der Waals surface area (Å²) >= 11 is 0. The van der Waals surface area contributed by atoms with Crippen molar-refractivity contribution >= 4 is 23.2 Å². The van der Waals surface area contributed by atoms with Gasteiger partial charge >= 0.3 is 0 Å². The van der Waals surface area contributed by atoms with Crippen LogP contribution in [0.15, 0.2) is 60.7 Å². The second-order valence-electron chi connectivity index (χ2n) is 12.7. The zero-order valence-electron chi connectivity index (χ0n) is 22.5. The standard InChI is InChI=1S/C32H41N3O2/c1-31-19-10-15-26(31)24-16-17-28-32(2,27(24)18-20-31)21-25(30(37)34(28)3)29(36)33-35(22-11-6-4-7-12-22)23-13-8-5-9-14-23/h4-9,11-14,24-28H,10,15-21H2,1-3H3,(H,33,36)/t24-,25?,26-,27+,28?,31-,32+/m0/s1. The summed E-state index contributed by atoms with van der Waals surface area (Å²) in [6.07, 6.45) is 9.58. The van der Waals surface area contributed by atoms with E-state index in [0.717, 1.165) is 29.6 Å². The fourth-order valence-corrected chi connectivity index (χ4v) is 9.10. The van der Waals surface area contributed by atoms with Crippen LogP contribution >= 0.6 is 0 Å². The van der Waals surface area contributed by atoms with Gasteiger partial charge in [0.2, 0.25) is 5.91 Å². The summed E-state index contributed by atoms with van der Waals surface area (Å²) in [6, 6.07) is 19.9. The van der Waals surface area contributed by atoms with E-state index in [2.05, 4.69) is 19.3 Å². The number of fused-ring (bicyclic) bond motifs is 5. The Morgan fingerprint density at radius 2 is 1.54 bits per heavy atom. The van der Waals surface area contributed by atoms with Crippen LogP contribution in [0.1, 0.15) is 65.2 Å². The topological polar surface area (TPSA) is 52.7 Å². The first kappa shape index (κ1) is 24.5. The van der Waals surface area contributed by atoms with Crippen molar-refractivity contribution in [3.8, 4) is 0 Å². The molecule has 5 nitrogen and oxygen atoms in total. The number of carbonyl (C=O) groups is 2. The van der Waals surface area contributed by atoms with Gasteiger partial charge in [-0.3, -0.25) is 20.0 Å². The van der Waals surface area contributed by atoms with Crippen molar-refractivity contribution in [1.82, 2.24) is 10.3 Å². The van der Waals surface area contributed by atoms with Gasteiger partial charge in [-0.15, -0.1) is 0 Å². The number of hydrogen-bond acceptors (Lipinski definition) is 3. The third-order valence-electron chi connectivity index (χ3n) is 10.9. The van der Waals surface area contributed by atoms with E-state index in [1.807, 2.05) is 77.6 Å². The monoisotopic (exact) mass is 499 g/mol. The van der Waals surface area contributed by atoms with Crippen LogP contribution in [0.25, 0.3) is 0 Å². The first-order valence-electron chi connectivity index (χ1n) is 14.3. The van der Waals surface area contributed by atoms with Crippen molar-refractivity contribution < 1.29 is 9.59 Å². The number of piperidine rings is 1. The molecule has 3 saturated carbocycles. The number of nitrogens with one attached hydrogen (secondary N) is 1. The molecule has 4 aliphatic rings. The predicted molar refractivity (Wildman–Crippen MR) is 147 cm³/mol. The van der Waals surface area contributed by atoms with Crippen molar-refractivity contribution in [1.29, 1.82) is 0 Å². The van der Waals surface area contributed by atoms with Crippen LogP contribution in [0, 0.1) is 34.5 Å². The second kappa shape index (κ2) is 9.18. The molecule has 2 aromatic carbocycles. The molecule has 6 rings (SSSR count). The van der Waals surface area contributed by atoms with E-state index in [9.17, 15) is 9.59 Å². The Labute approximate surface area is 221 Å². The Bertz CT molecular complexity index is 1110. The third kappa shape index (κ3) is 3.97. The summed E-state index contributed by atoms with van der Waals surface area (Å²) in [4.78, 5) is 29.5. The van der Waals surface area contributed by atoms with E-state index >= 15 is 0 Å². The lowest BCUT2D eigenvalue weighted by molar-refractivity contribution is -0.169. The van der Waals surface area contributed by atoms with E-state index in [1.54, 1.807) is 0 Å². The number of hydrogen-bond donors (Lipinski definition) is 1. The third-order valence-corrected chi connectivity index (χ3v) is 10.9. The fourth-order valence-electron chi connectivity index (χ4n) is 9.10. The zero-order valence-corrected chi connectivity index (χ0v) is 22.5. The average Bonchev–Trinajstić information content (AvgIpc) is 3.32. The number of carbonyl (C=O) groups excluding carboxylic acids is 2. The maximum absolute atomic E-state index is 13.9. The number of para-hydroxylation sites is 2. The molecule has 5 heteroatoms. The minimum atomic E-state index is -0.670. The Morgan fingerprint density at radius 1 is 0.892 bits per heavy atom. The van der Waals surface area contributed by atoms with Gasteiger partial charge in [-0.2, -0.15) is 0 Å². The van der Waals surface area contributed by atoms with Crippen molar-refractivity contribution in [2.24, 2.45) is 34.5 Å². The molecule has 3 aliphatic carbocycles. The van der Waals surface area contributed by atoms with Crippen LogP contribution in [0.3, 0.4) is 0 Å². The Balaban J connectivity index is 1.28. The fraction of sp³-hybridized carbons (Fsp3) is 0.562. The zero-order chi connectivity index (χ0) is 25.8. The van der Waals surface area contributed by atoms with Crippen LogP contribution in [-0.4, -0.2) is 29.8 Å². The van der Waals surface area contributed by atoms with Gasteiger partial charge in [0.05, 0.1) is 11.4 Å². The summed E-state index contributed by atoms with van der Waals surface area (Å²) in [5.41, 5.74) is 5.36. The van der Waals surface area contributed by atoms with Gasteiger partial charge in [0.25, 0.3) is 5.91 Å². The molecule has 0 bridgehead atoms. The minimum Gasteiger partial charge on any atom is -0.342 e. The summed E-state index contributed by atoms with van der Waals surface area (Å²) < 4.78 is 0. The lowest BCUT2D eigenvalue weighted by Crippen LogP contribution is -2.65. The summed E-state index contributed by atoms with van der Waals surface area (Å²) in [7, 11) is 1.94. The number of anilines is 2. The predicted octanol–water partition coefficient (Wildman–Crippen LogP) is 6.34. The normalized spacial score (nSPS) is 36.8. The molecule has 196 valence electrons. The Hall–Kier alpha value is -2.82. The van der Waals surface area contributed by atoms with Gasteiger partial charge in [-0.1, -0.05) is 56.7 Å². The van der Waals surface area contributed by atoms with Gasteiger partial charge in [0.1, 0.15) is 5.92 Å². The number of benzene rings is 2. The Kier molecular flexibility index (Phi) is 6.08. The van der Waals surface area contributed by atoms with E-state index in [1.165, 1.54) is 38.5 Å². The Morgan fingerprint density at radius 3 is 2.19 bits per heavy atom. The van der Waals surface area contributed by atoms with Crippen molar-refractivity contribution in [3.63, 3.8) is 0 Å². The van der Waals surface area contributed by atoms with Crippen LogP contribution in [0.4, 0.5) is 11.4 Å². The summed E-state index contributed by atoms with van der Waals surface area (Å²) in [6.45, 7) is 4.94. The maximum atomic E-state index is 13.9. The molecule has 0 radical (unpaired) electrons. The molecular formula is C32H41N3O2. The average molecular weight is 500 g/mol. The molecule has 2 amide bonds. The highest BCUT2D eigenvalue weighted by Gasteiger charge is 2.61. The van der Waals surface area contributed by atoms with Gasteiger partial charge in [-0.05, 0) is 97.8 Å². The lowest BCUT2D eigenvalue weighted by atomic mass is 9.47. The lowest BCUT2D eigenvalue weighted by Gasteiger charge is -2.62. The second-order valence-corrected chi connectivity index (χ2v) is 12.7. The van der Waals surface area contributed by atoms with Crippen molar-refractivity contribution in [3.05, 3.63) is 60.7 Å². The highest BCUT2D eigenvalue weighted by molar-refractivity contribution is 6.02. The van der Waals surface area contributed by atoms with Gasteiger partial charge < -0.3 is 4.90 Å². The van der Waals surface area contributed by atoms with E-state index in [0.29, 0.717) is 17.8 Å². The first-order valence-corrected chi connectivity index (χ1v) is 14.3. The highest BCUT2D eigenvalue weighted by atomic mass is 16.2. The van der Waals surface area contributed by atoms with E-state index in [-0.39, 0.29) is 23.3 Å². The molecule has 1 aliphatic heterocycles. The number of hydrazine groups is 1.